The number of rotatable bonds is 4. The number of nitrogens with zero attached hydrogens (tertiary/aromatic N) is 5. The molecule has 11 heteroatoms. The minimum atomic E-state index is -0.456. The van der Waals surface area contributed by atoms with Crippen LogP contribution in [-0.2, 0) is 0 Å². The first-order chi connectivity index (χ1) is 15.6. The lowest BCUT2D eigenvalue weighted by molar-refractivity contribution is 0.0744. The second kappa shape index (κ2) is 8.81. The Morgan fingerprint density at radius 3 is 2.53 bits per heavy atom. The molecule has 8 nitrogen and oxygen atoms in total. The monoisotopic (exact) mass is 484 g/mol. The van der Waals surface area contributed by atoms with Crippen LogP contribution >= 0.6 is 34.3 Å². The molecule has 1 N–H and O–H groups in total. The molecule has 1 amide bonds. The molecule has 0 bridgehead atoms. The fourth-order valence-electron chi connectivity index (χ4n) is 3.42. The summed E-state index contributed by atoms with van der Waals surface area (Å²) >= 11 is 9.08. The van der Waals surface area contributed by atoms with Gasteiger partial charge in [0, 0.05) is 43.0 Å². The third-order valence-corrected chi connectivity index (χ3v) is 7.41. The number of amides is 1. The summed E-state index contributed by atoms with van der Waals surface area (Å²) in [6.07, 6.45) is 1.34. The molecule has 1 aliphatic heterocycles. The van der Waals surface area contributed by atoms with E-state index in [9.17, 15) is 9.59 Å². The number of benzene rings is 1. The van der Waals surface area contributed by atoms with Gasteiger partial charge >= 0.3 is 0 Å². The van der Waals surface area contributed by atoms with Crippen molar-refractivity contribution >= 4 is 45.3 Å². The van der Waals surface area contributed by atoms with Crippen LogP contribution in [-0.4, -0.2) is 57.2 Å². The molecule has 0 atom stereocenters. The quantitative estimate of drug-likeness (QED) is 0.475. The predicted molar refractivity (Wildman–Crippen MR) is 127 cm³/mol. The average molecular weight is 485 g/mol. The molecule has 0 aliphatic carbocycles. The smallest absolute Gasteiger partial charge is 0.264 e. The van der Waals surface area contributed by atoms with Crippen LogP contribution < -0.4 is 10.5 Å². The molecule has 3 aromatic heterocycles. The third-order valence-electron chi connectivity index (χ3n) is 5.13. The normalized spacial score (nSPS) is 14.0. The van der Waals surface area contributed by atoms with Crippen molar-refractivity contribution in [2.75, 3.05) is 31.1 Å². The van der Waals surface area contributed by atoms with Crippen LogP contribution in [0.25, 0.3) is 21.3 Å². The predicted octanol–water partition coefficient (Wildman–Crippen LogP) is 3.63. The lowest BCUT2D eigenvalue weighted by Crippen LogP contribution is -2.49. The summed E-state index contributed by atoms with van der Waals surface area (Å²) in [5, 5.41) is 12.9. The van der Waals surface area contributed by atoms with Crippen molar-refractivity contribution in [3.05, 3.63) is 68.9 Å². The number of carbonyl (C=O) groups is 1. The van der Waals surface area contributed by atoms with E-state index in [2.05, 4.69) is 25.1 Å². The zero-order valence-electron chi connectivity index (χ0n) is 16.7. The van der Waals surface area contributed by atoms with E-state index in [0.717, 1.165) is 20.6 Å². The summed E-state index contributed by atoms with van der Waals surface area (Å²) in [4.78, 5) is 37.3. The zero-order chi connectivity index (χ0) is 22.1. The number of hydrogen-bond acceptors (Lipinski definition) is 8. The number of aromatic amines is 1. The SMILES string of the molecule is O=C(c1cnc(-c2ccc(Cl)cc2)[nH]c1=O)N1CCN(c2nnc(-c3cccs3)s2)CC1. The van der Waals surface area contributed by atoms with E-state index in [4.69, 9.17) is 11.6 Å². The van der Waals surface area contributed by atoms with E-state index in [1.165, 1.54) is 6.20 Å². The molecule has 1 saturated heterocycles. The van der Waals surface area contributed by atoms with Crippen molar-refractivity contribution in [2.24, 2.45) is 0 Å². The molecular formula is C21H17ClN6O2S2. The van der Waals surface area contributed by atoms with Crippen LogP contribution in [0, 0.1) is 0 Å². The molecule has 4 heterocycles. The Balaban J connectivity index is 1.25. The van der Waals surface area contributed by atoms with Crippen LogP contribution in [0.15, 0.2) is 52.8 Å². The standard InChI is InChI=1S/C21H17ClN6O2S2/c22-14-5-3-13(4-6-14)17-23-12-15(18(29)24-17)20(30)27-7-9-28(10-8-27)21-26-25-19(32-21)16-2-1-11-31-16/h1-6,11-12H,7-10H2,(H,23,24,29). The second-order valence-corrected chi connectivity index (χ2v) is 9.47. The fraction of sp³-hybridized carbons (Fsp3) is 0.190. The lowest BCUT2D eigenvalue weighted by atomic mass is 10.2. The molecule has 0 radical (unpaired) electrons. The van der Waals surface area contributed by atoms with Gasteiger partial charge in [-0.2, -0.15) is 0 Å². The van der Waals surface area contributed by atoms with Crippen molar-refractivity contribution in [3.8, 4) is 21.3 Å². The highest BCUT2D eigenvalue weighted by Gasteiger charge is 2.26. The Bertz CT molecular complexity index is 1290. The van der Waals surface area contributed by atoms with E-state index in [1.54, 1.807) is 51.8 Å². The van der Waals surface area contributed by atoms with E-state index in [-0.39, 0.29) is 11.5 Å². The van der Waals surface area contributed by atoms with Gasteiger partial charge in [-0.25, -0.2) is 4.98 Å². The van der Waals surface area contributed by atoms with Crippen LogP contribution in [0.2, 0.25) is 5.02 Å². The molecule has 32 heavy (non-hydrogen) atoms. The number of carbonyl (C=O) groups excluding carboxylic acids is 1. The summed E-state index contributed by atoms with van der Waals surface area (Å²) < 4.78 is 0. The molecule has 0 spiro atoms. The van der Waals surface area contributed by atoms with Crippen LogP contribution in [0.3, 0.4) is 0 Å². The number of nitrogens with one attached hydrogen (secondary N) is 1. The number of aromatic nitrogens is 4. The average Bonchev–Trinajstić information content (AvgIpc) is 3.51. The maximum atomic E-state index is 12.9. The number of halogens is 1. The van der Waals surface area contributed by atoms with Gasteiger partial charge in [0.1, 0.15) is 11.4 Å². The Morgan fingerprint density at radius 2 is 1.84 bits per heavy atom. The van der Waals surface area contributed by atoms with Gasteiger partial charge in [0.25, 0.3) is 11.5 Å². The summed E-state index contributed by atoms with van der Waals surface area (Å²) in [5.41, 5.74) is 0.298. The third kappa shape index (κ3) is 4.16. The largest absolute Gasteiger partial charge is 0.343 e. The molecule has 0 unspecified atom stereocenters. The Hall–Kier alpha value is -3.08. The zero-order valence-corrected chi connectivity index (χ0v) is 19.1. The fourth-order valence-corrected chi connectivity index (χ4v) is 5.23. The molecule has 0 saturated carbocycles. The first kappa shape index (κ1) is 20.8. The topological polar surface area (TPSA) is 95.1 Å². The molecule has 1 aromatic carbocycles. The number of piperazine rings is 1. The summed E-state index contributed by atoms with van der Waals surface area (Å²) in [5.74, 6) is 0.0726. The maximum absolute atomic E-state index is 12.9. The van der Waals surface area contributed by atoms with Gasteiger partial charge in [0.15, 0.2) is 5.01 Å². The molecular weight excluding hydrogens is 468 g/mol. The summed E-state index contributed by atoms with van der Waals surface area (Å²) in [6.45, 7) is 2.23. The highest BCUT2D eigenvalue weighted by Crippen LogP contribution is 2.31. The summed E-state index contributed by atoms with van der Waals surface area (Å²) in [7, 11) is 0. The Labute approximate surface area is 196 Å². The minimum absolute atomic E-state index is 0.0343. The highest BCUT2D eigenvalue weighted by atomic mass is 35.5. The molecule has 4 aromatic rings. The van der Waals surface area contributed by atoms with Crippen molar-refractivity contribution in [1.82, 2.24) is 25.1 Å². The van der Waals surface area contributed by atoms with Crippen LogP contribution in [0.4, 0.5) is 5.13 Å². The maximum Gasteiger partial charge on any atom is 0.264 e. The van der Waals surface area contributed by atoms with Crippen molar-refractivity contribution in [1.29, 1.82) is 0 Å². The molecule has 1 aliphatic rings. The first-order valence-electron chi connectivity index (χ1n) is 9.85. The Kier molecular flexibility index (Phi) is 5.73. The van der Waals surface area contributed by atoms with Crippen molar-refractivity contribution < 1.29 is 4.79 Å². The number of thiophene rings is 1. The van der Waals surface area contributed by atoms with Crippen LogP contribution in [0.5, 0.6) is 0 Å². The van der Waals surface area contributed by atoms with E-state index in [0.29, 0.717) is 37.0 Å². The first-order valence-corrected chi connectivity index (χ1v) is 11.9. The van der Waals surface area contributed by atoms with Crippen LogP contribution in [0.1, 0.15) is 10.4 Å². The summed E-state index contributed by atoms with van der Waals surface area (Å²) in [6, 6.07) is 11.0. The second-order valence-electron chi connectivity index (χ2n) is 7.13. The number of anilines is 1. The molecule has 162 valence electrons. The van der Waals surface area contributed by atoms with Gasteiger partial charge in [-0.3, -0.25) is 9.59 Å². The minimum Gasteiger partial charge on any atom is -0.343 e. The number of H-pyrrole nitrogens is 1. The highest BCUT2D eigenvalue weighted by molar-refractivity contribution is 7.22. The van der Waals surface area contributed by atoms with Gasteiger partial charge in [-0.1, -0.05) is 29.0 Å². The van der Waals surface area contributed by atoms with E-state index < -0.39 is 5.56 Å². The molecule has 1 fully saturated rings. The van der Waals surface area contributed by atoms with Gasteiger partial charge in [0.2, 0.25) is 5.13 Å². The van der Waals surface area contributed by atoms with Crippen molar-refractivity contribution in [3.63, 3.8) is 0 Å². The van der Waals surface area contributed by atoms with Crippen molar-refractivity contribution in [2.45, 2.75) is 0 Å². The number of hydrogen-bond donors (Lipinski definition) is 1. The van der Waals surface area contributed by atoms with Gasteiger partial charge in [0.05, 0.1) is 4.88 Å². The van der Waals surface area contributed by atoms with E-state index in [1.807, 2.05) is 17.5 Å². The van der Waals surface area contributed by atoms with Gasteiger partial charge in [-0.15, -0.1) is 21.5 Å². The molecule has 5 rings (SSSR count). The Morgan fingerprint density at radius 1 is 1.06 bits per heavy atom. The van der Waals surface area contributed by atoms with Gasteiger partial charge < -0.3 is 14.8 Å². The van der Waals surface area contributed by atoms with E-state index >= 15 is 0 Å². The lowest BCUT2D eigenvalue weighted by Gasteiger charge is -2.34. The van der Waals surface area contributed by atoms with Gasteiger partial charge in [-0.05, 0) is 35.7 Å².